The van der Waals surface area contributed by atoms with Crippen molar-refractivity contribution in [3.63, 3.8) is 0 Å². The van der Waals surface area contributed by atoms with E-state index < -0.39 is 11.9 Å². The molecule has 2 amide bonds. The summed E-state index contributed by atoms with van der Waals surface area (Å²) >= 11 is 1.23. The average molecular weight is 412 g/mol. The number of anilines is 1. The first-order chi connectivity index (χ1) is 14.0. The number of aromatic nitrogens is 2. The Morgan fingerprint density at radius 3 is 2.41 bits per heavy atom. The SMILES string of the molecule is COc1cccc(C(=O)N[C@H](C)C(=O)Nc2nnc(-c3cccc(OC)c3)s2)c1. The maximum absolute atomic E-state index is 12.4. The Hall–Kier alpha value is -3.46. The van der Waals surface area contributed by atoms with Crippen LogP contribution in [0.1, 0.15) is 17.3 Å². The number of methoxy groups -OCH3 is 2. The summed E-state index contributed by atoms with van der Waals surface area (Å²) in [7, 11) is 3.11. The van der Waals surface area contributed by atoms with Crippen LogP contribution in [0.3, 0.4) is 0 Å². The average Bonchev–Trinajstić information content (AvgIpc) is 3.22. The molecule has 3 aromatic rings. The number of ether oxygens (including phenoxy) is 2. The van der Waals surface area contributed by atoms with Gasteiger partial charge in [-0.15, -0.1) is 10.2 Å². The van der Waals surface area contributed by atoms with Gasteiger partial charge in [-0.2, -0.15) is 0 Å². The fraction of sp³-hybridized carbons (Fsp3) is 0.200. The van der Waals surface area contributed by atoms with Gasteiger partial charge in [-0.05, 0) is 37.3 Å². The minimum Gasteiger partial charge on any atom is -0.497 e. The molecule has 1 heterocycles. The van der Waals surface area contributed by atoms with E-state index in [2.05, 4.69) is 20.8 Å². The lowest BCUT2D eigenvalue weighted by Gasteiger charge is -2.13. The molecule has 0 saturated carbocycles. The summed E-state index contributed by atoms with van der Waals surface area (Å²) in [5.74, 6) is 0.501. The van der Waals surface area contributed by atoms with Crippen LogP contribution < -0.4 is 20.1 Å². The molecule has 0 fully saturated rings. The van der Waals surface area contributed by atoms with Crippen LogP contribution in [-0.2, 0) is 4.79 Å². The molecule has 0 aliphatic rings. The van der Waals surface area contributed by atoms with Crippen molar-refractivity contribution in [2.24, 2.45) is 0 Å². The van der Waals surface area contributed by atoms with Gasteiger partial charge in [-0.1, -0.05) is 29.5 Å². The topological polar surface area (TPSA) is 102 Å². The molecule has 1 atom stereocenters. The Balaban J connectivity index is 1.62. The minimum absolute atomic E-state index is 0.343. The maximum atomic E-state index is 12.4. The molecule has 0 aliphatic carbocycles. The van der Waals surface area contributed by atoms with Crippen molar-refractivity contribution in [2.45, 2.75) is 13.0 Å². The zero-order chi connectivity index (χ0) is 20.8. The van der Waals surface area contributed by atoms with Crippen molar-refractivity contribution < 1.29 is 19.1 Å². The second-order valence-corrected chi connectivity index (χ2v) is 7.04. The number of carbonyl (C=O) groups excluding carboxylic acids is 2. The Morgan fingerprint density at radius 1 is 1.00 bits per heavy atom. The van der Waals surface area contributed by atoms with Gasteiger partial charge < -0.3 is 14.8 Å². The third-order valence-corrected chi connectivity index (χ3v) is 4.93. The highest BCUT2D eigenvalue weighted by molar-refractivity contribution is 7.18. The first kappa shape index (κ1) is 20.3. The summed E-state index contributed by atoms with van der Waals surface area (Å²) in [6, 6.07) is 13.3. The van der Waals surface area contributed by atoms with Gasteiger partial charge in [0.2, 0.25) is 11.0 Å². The molecule has 0 aliphatic heterocycles. The first-order valence-electron chi connectivity index (χ1n) is 8.74. The highest BCUT2D eigenvalue weighted by Gasteiger charge is 2.19. The van der Waals surface area contributed by atoms with E-state index in [1.54, 1.807) is 38.3 Å². The molecular weight excluding hydrogens is 392 g/mol. The third kappa shape index (κ3) is 5.08. The summed E-state index contributed by atoms with van der Waals surface area (Å²) in [5, 5.41) is 14.4. The maximum Gasteiger partial charge on any atom is 0.252 e. The van der Waals surface area contributed by atoms with Crippen molar-refractivity contribution in [2.75, 3.05) is 19.5 Å². The highest BCUT2D eigenvalue weighted by atomic mass is 32.1. The molecule has 150 valence electrons. The van der Waals surface area contributed by atoms with Crippen molar-refractivity contribution in [1.82, 2.24) is 15.5 Å². The van der Waals surface area contributed by atoms with Crippen LogP contribution >= 0.6 is 11.3 Å². The van der Waals surface area contributed by atoms with Gasteiger partial charge >= 0.3 is 0 Å². The number of hydrogen-bond acceptors (Lipinski definition) is 7. The summed E-state index contributed by atoms with van der Waals surface area (Å²) in [6.07, 6.45) is 0. The van der Waals surface area contributed by atoms with Gasteiger partial charge in [0.05, 0.1) is 14.2 Å². The Labute approximate surface area is 171 Å². The number of nitrogens with zero attached hydrogens (tertiary/aromatic N) is 2. The number of rotatable bonds is 7. The van der Waals surface area contributed by atoms with Crippen LogP contribution in [0, 0.1) is 0 Å². The Kier molecular flexibility index (Phi) is 6.40. The fourth-order valence-electron chi connectivity index (χ4n) is 2.47. The second kappa shape index (κ2) is 9.16. The van der Waals surface area contributed by atoms with Gasteiger partial charge in [0, 0.05) is 11.1 Å². The van der Waals surface area contributed by atoms with Crippen molar-refractivity contribution in [3.8, 4) is 22.1 Å². The van der Waals surface area contributed by atoms with E-state index in [0.29, 0.717) is 27.2 Å². The lowest BCUT2D eigenvalue weighted by atomic mass is 10.2. The molecule has 2 aromatic carbocycles. The number of hydrogen-bond donors (Lipinski definition) is 2. The van der Waals surface area contributed by atoms with Gasteiger partial charge in [0.25, 0.3) is 5.91 Å². The molecule has 0 bridgehead atoms. The van der Waals surface area contributed by atoms with Crippen molar-refractivity contribution in [1.29, 1.82) is 0 Å². The van der Waals surface area contributed by atoms with E-state index >= 15 is 0 Å². The summed E-state index contributed by atoms with van der Waals surface area (Å²) < 4.78 is 10.3. The molecule has 0 saturated heterocycles. The highest BCUT2D eigenvalue weighted by Crippen LogP contribution is 2.28. The van der Waals surface area contributed by atoms with Gasteiger partial charge in [-0.25, -0.2) is 0 Å². The Bertz CT molecular complexity index is 1020. The summed E-state index contributed by atoms with van der Waals surface area (Å²) in [5.41, 5.74) is 1.24. The molecule has 2 N–H and O–H groups in total. The minimum atomic E-state index is -0.766. The first-order valence-corrected chi connectivity index (χ1v) is 9.55. The standard InChI is InChI=1S/C20H20N4O4S/c1-12(21-18(26)13-6-4-8-15(10-13)27-2)17(25)22-20-24-23-19(29-20)14-7-5-9-16(11-14)28-3/h4-12H,1-3H3,(H,21,26)(H,22,24,25)/t12-/m1/s1. The molecule has 1 aromatic heterocycles. The lowest BCUT2D eigenvalue weighted by Crippen LogP contribution is -2.41. The van der Waals surface area contributed by atoms with E-state index in [4.69, 9.17) is 9.47 Å². The van der Waals surface area contributed by atoms with Crippen LogP contribution in [0.5, 0.6) is 11.5 Å². The van der Waals surface area contributed by atoms with E-state index in [0.717, 1.165) is 5.56 Å². The molecular formula is C20H20N4O4S. The van der Waals surface area contributed by atoms with Crippen LogP contribution in [0.2, 0.25) is 0 Å². The zero-order valence-electron chi connectivity index (χ0n) is 16.1. The van der Waals surface area contributed by atoms with E-state index in [1.165, 1.54) is 18.4 Å². The molecule has 0 radical (unpaired) electrons. The number of benzene rings is 2. The van der Waals surface area contributed by atoms with Gasteiger partial charge in [0.15, 0.2) is 0 Å². The monoisotopic (exact) mass is 412 g/mol. The predicted molar refractivity (Wildman–Crippen MR) is 110 cm³/mol. The predicted octanol–water partition coefficient (Wildman–Crippen LogP) is 2.98. The van der Waals surface area contributed by atoms with Crippen LogP contribution in [0.25, 0.3) is 10.6 Å². The van der Waals surface area contributed by atoms with Crippen LogP contribution in [0.15, 0.2) is 48.5 Å². The van der Waals surface area contributed by atoms with Gasteiger partial charge in [0.1, 0.15) is 22.5 Å². The molecule has 29 heavy (non-hydrogen) atoms. The fourth-order valence-corrected chi connectivity index (χ4v) is 3.21. The molecule has 8 nitrogen and oxygen atoms in total. The molecule has 0 unspecified atom stereocenters. The number of nitrogens with one attached hydrogen (secondary N) is 2. The zero-order valence-corrected chi connectivity index (χ0v) is 16.9. The van der Waals surface area contributed by atoms with E-state index in [1.807, 2.05) is 24.3 Å². The van der Waals surface area contributed by atoms with Crippen LogP contribution in [-0.4, -0.2) is 42.3 Å². The molecule has 0 spiro atoms. The number of carbonyl (C=O) groups is 2. The summed E-state index contributed by atoms with van der Waals surface area (Å²) in [4.78, 5) is 24.8. The van der Waals surface area contributed by atoms with Crippen molar-refractivity contribution in [3.05, 3.63) is 54.1 Å². The Morgan fingerprint density at radius 2 is 1.69 bits per heavy atom. The molecule has 9 heteroatoms. The quantitative estimate of drug-likeness (QED) is 0.619. The van der Waals surface area contributed by atoms with E-state index in [9.17, 15) is 9.59 Å². The normalized spacial score (nSPS) is 11.4. The number of amides is 2. The van der Waals surface area contributed by atoms with E-state index in [-0.39, 0.29) is 5.91 Å². The second-order valence-electron chi connectivity index (χ2n) is 6.06. The smallest absolute Gasteiger partial charge is 0.252 e. The largest absolute Gasteiger partial charge is 0.497 e. The van der Waals surface area contributed by atoms with Gasteiger partial charge in [-0.3, -0.25) is 14.9 Å². The third-order valence-electron chi connectivity index (χ3n) is 4.04. The molecule has 3 rings (SSSR count). The van der Waals surface area contributed by atoms with Crippen LogP contribution in [0.4, 0.5) is 5.13 Å². The van der Waals surface area contributed by atoms with Crippen molar-refractivity contribution >= 4 is 28.3 Å². The summed E-state index contributed by atoms with van der Waals surface area (Å²) in [6.45, 7) is 1.59. The lowest BCUT2D eigenvalue weighted by molar-refractivity contribution is -0.117.